The SMILES string of the molecule is CC(CO)Sc1ncnc2nc[nH]c12. The molecular formula is C8H10N4OS. The Labute approximate surface area is 85.0 Å². The van der Waals surface area contributed by atoms with Crippen molar-refractivity contribution in [3.63, 3.8) is 0 Å². The fourth-order valence-electron chi connectivity index (χ4n) is 1.06. The van der Waals surface area contributed by atoms with E-state index in [0.717, 1.165) is 10.5 Å². The standard InChI is InChI=1S/C8H10N4OS/c1-5(2-13)14-8-6-7(10-3-9-6)11-4-12-8/h3-5,13H,2H2,1H3,(H,9,10,11,12). The van der Waals surface area contributed by atoms with Gasteiger partial charge in [0.15, 0.2) is 5.65 Å². The zero-order valence-electron chi connectivity index (χ0n) is 7.64. The molecule has 0 fully saturated rings. The summed E-state index contributed by atoms with van der Waals surface area (Å²) in [4.78, 5) is 15.2. The Balaban J connectivity index is 2.36. The van der Waals surface area contributed by atoms with Crippen LogP contribution in [0.5, 0.6) is 0 Å². The number of aliphatic hydroxyl groups is 1. The van der Waals surface area contributed by atoms with Crippen LogP contribution in [0.15, 0.2) is 17.7 Å². The number of imidazole rings is 1. The van der Waals surface area contributed by atoms with Gasteiger partial charge in [0.05, 0.1) is 12.9 Å². The molecule has 14 heavy (non-hydrogen) atoms. The molecule has 0 aliphatic carbocycles. The number of H-pyrrole nitrogens is 1. The first-order valence-corrected chi connectivity index (χ1v) is 5.11. The fraction of sp³-hybridized carbons (Fsp3) is 0.375. The summed E-state index contributed by atoms with van der Waals surface area (Å²) in [7, 11) is 0. The molecule has 0 saturated carbocycles. The maximum atomic E-state index is 8.93. The Hall–Kier alpha value is -1.14. The lowest BCUT2D eigenvalue weighted by molar-refractivity contribution is 0.300. The van der Waals surface area contributed by atoms with Crippen LogP contribution in [0.3, 0.4) is 0 Å². The number of fused-ring (bicyclic) bond motifs is 1. The molecule has 2 rings (SSSR count). The molecule has 74 valence electrons. The molecular weight excluding hydrogens is 200 g/mol. The lowest BCUT2D eigenvalue weighted by atomic mass is 10.5. The molecule has 1 atom stereocenters. The lowest BCUT2D eigenvalue weighted by Crippen LogP contribution is -2.02. The minimum Gasteiger partial charge on any atom is -0.395 e. The van der Waals surface area contributed by atoms with Gasteiger partial charge in [-0.25, -0.2) is 15.0 Å². The van der Waals surface area contributed by atoms with Gasteiger partial charge in [0.25, 0.3) is 0 Å². The van der Waals surface area contributed by atoms with Crippen LogP contribution in [0.1, 0.15) is 6.92 Å². The maximum Gasteiger partial charge on any atom is 0.181 e. The van der Waals surface area contributed by atoms with Gasteiger partial charge in [-0.1, -0.05) is 18.7 Å². The fourth-order valence-corrected chi connectivity index (χ4v) is 1.89. The summed E-state index contributed by atoms with van der Waals surface area (Å²) >= 11 is 1.51. The minimum atomic E-state index is 0.122. The van der Waals surface area contributed by atoms with Crippen molar-refractivity contribution in [1.82, 2.24) is 19.9 Å². The summed E-state index contributed by atoms with van der Waals surface area (Å²) in [5.41, 5.74) is 1.49. The highest BCUT2D eigenvalue weighted by atomic mass is 32.2. The van der Waals surface area contributed by atoms with Crippen LogP contribution in [0.25, 0.3) is 11.2 Å². The van der Waals surface area contributed by atoms with Gasteiger partial charge in [-0.15, -0.1) is 0 Å². The van der Waals surface area contributed by atoms with Gasteiger partial charge in [-0.3, -0.25) is 0 Å². The molecule has 0 radical (unpaired) electrons. The van der Waals surface area contributed by atoms with Crippen molar-refractivity contribution in [3.8, 4) is 0 Å². The third-order valence-electron chi connectivity index (χ3n) is 1.76. The Bertz CT molecular complexity index is 430. The molecule has 2 aromatic heterocycles. The van der Waals surface area contributed by atoms with E-state index in [1.54, 1.807) is 6.33 Å². The molecule has 1 unspecified atom stereocenters. The van der Waals surface area contributed by atoms with Gasteiger partial charge in [0.2, 0.25) is 0 Å². The molecule has 0 aliphatic rings. The van der Waals surface area contributed by atoms with Crippen LogP contribution >= 0.6 is 11.8 Å². The van der Waals surface area contributed by atoms with Gasteiger partial charge in [-0.05, 0) is 0 Å². The van der Waals surface area contributed by atoms with Crippen molar-refractivity contribution in [2.24, 2.45) is 0 Å². The van der Waals surface area contributed by atoms with Crippen LogP contribution in [0.2, 0.25) is 0 Å². The van der Waals surface area contributed by atoms with Gasteiger partial charge >= 0.3 is 0 Å². The number of hydrogen-bond donors (Lipinski definition) is 2. The van der Waals surface area contributed by atoms with E-state index in [1.807, 2.05) is 6.92 Å². The molecule has 5 nitrogen and oxygen atoms in total. The van der Waals surface area contributed by atoms with Gasteiger partial charge in [-0.2, -0.15) is 0 Å². The predicted octanol–water partition coefficient (Wildman–Crippen LogP) is 0.826. The second-order valence-corrected chi connectivity index (χ2v) is 4.32. The van der Waals surface area contributed by atoms with Crippen LogP contribution in [0.4, 0.5) is 0 Å². The summed E-state index contributed by atoms with van der Waals surface area (Å²) < 4.78 is 0. The minimum absolute atomic E-state index is 0.122. The number of aromatic nitrogens is 4. The number of aliphatic hydroxyl groups excluding tert-OH is 1. The smallest absolute Gasteiger partial charge is 0.181 e. The number of thioether (sulfide) groups is 1. The van der Waals surface area contributed by atoms with Crippen LogP contribution < -0.4 is 0 Å². The van der Waals surface area contributed by atoms with Crippen molar-refractivity contribution in [2.75, 3.05) is 6.61 Å². The van der Waals surface area contributed by atoms with E-state index < -0.39 is 0 Å². The third-order valence-corrected chi connectivity index (χ3v) is 2.84. The second kappa shape index (κ2) is 3.93. The summed E-state index contributed by atoms with van der Waals surface area (Å²) in [5, 5.41) is 9.88. The Kier molecular flexibility index (Phi) is 2.64. The highest BCUT2D eigenvalue weighted by Crippen LogP contribution is 2.25. The van der Waals surface area contributed by atoms with E-state index in [0.29, 0.717) is 5.65 Å². The summed E-state index contributed by atoms with van der Waals surface area (Å²) in [6.07, 6.45) is 3.07. The number of nitrogens with zero attached hydrogens (tertiary/aromatic N) is 3. The predicted molar refractivity (Wildman–Crippen MR) is 54.1 cm³/mol. The quantitative estimate of drug-likeness (QED) is 0.579. The molecule has 0 aromatic carbocycles. The Morgan fingerprint density at radius 2 is 2.36 bits per heavy atom. The van der Waals surface area contributed by atoms with Crippen LogP contribution in [-0.4, -0.2) is 36.9 Å². The maximum absolute atomic E-state index is 8.93. The van der Waals surface area contributed by atoms with Gasteiger partial charge in [0.1, 0.15) is 16.9 Å². The summed E-state index contributed by atoms with van der Waals surface area (Å²) in [5.74, 6) is 0. The molecule has 2 N–H and O–H groups in total. The molecule has 2 heterocycles. The highest BCUT2D eigenvalue weighted by molar-refractivity contribution is 8.00. The van der Waals surface area contributed by atoms with Gasteiger partial charge < -0.3 is 10.1 Å². The van der Waals surface area contributed by atoms with Crippen molar-refractivity contribution < 1.29 is 5.11 Å². The first kappa shape index (κ1) is 9.42. The highest BCUT2D eigenvalue weighted by Gasteiger charge is 2.09. The number of nitrogens with one attached hydrogen (secondary N) is 1. The monoisotopic (exact) mass is 210 g/mol. The summed E-state index contributed by atoms with van der Waals surface area (Å²) in [6, 6.07) is 0. The van der Waals surface area contributed by atoms with Crippen LogP contribution in [0, 0.1) is 0 Å². The number of hydrogen-bond acceptors (Lipinski definition) is 5. The molecule has 0 saturated heterocycles. The number of rotatable bonds is 3. The molecule has 0 spiro atoms. The average Bonchev–Trinajstić information content (AvgIpc) is 2.66. The van der Waals surface area contributed by atoms with E-state index in [2.05, 4.69) is 19.9 Å². The van der Waals surface area contributed by atoms with E-state index in [9.17, 15) is 0 Å². The number of aromatic amines is 1. The Morgan fingerprint density at radius 3 is 3.14 bits per heavy atom. The van der Waals surface area contributed by atoms with Crippen molar-refractivity contribution in [3.05, 3.63) is 12.7 Å². The van der Waals surface area contributed by atoms with Crippen molar-refractivity contribution in [2.45, 2.75) is 17.2 Å². The van der Waals surface area contributed by atoms with Crippen molar-refractivity contribution >= 4 is 22.9 Å². The third kappa shape index (κ3) is 1.71. The molecule has 6 heteroatoms. The summed E-state index contributed by atoms with van der Waals surface area (Å²) in [6.45, 7) is 2.07. The van der Waals surface area contributed by atoms with Gasteiger partial charge in [0, 0.05) is 5.25 Å². The average molecular weight is 210 g/mol. The normalized spacial score (nSPS) is 13.3. The largest absolute Gasteiger partial charge is 0.395 e. The zero-order chi connectivity index (χ0) is 9.97. The first-order valence-electron chi connectivity index (χ1n) is 4.23. The van der Waals surface area contributed by atoms with E-state index in [-0.39, 0.29) is 11.9 Å². The topological polar surface area (TPSA) is 74.7 Å². The molecule has 0 bridgehead atoms. The first-order chi connectivity index (χ1) is 6.81. The lowest BCUT2D eigenvalue weighted by Gasteiger charge is -2.05. The van der Waals surface area contributed by atoms with E-state index in [1.165, 1.54) is 18.1 Å². The van der Waals surface area contributed by atoms with E-state index in [4.69, 9.17) is 5.11 Å². The van der Waals surface area contributed by atoms with E-state index >= 15 is 0 Å². The second-order valence-electron chi connectivity index (χ2n) is 2.89. The van der Waals surface area contributed by atoms with Crippen molar-refractivity contribution in [1.29, 1.82) is 0 Å². The Morgan fingerprint density at radius 1 is 1.50 bits per heavy atom. The van der Waals surface area contributed by atoms with Crippen LogP contribution in [-0.2, 0) is 0 Å². The zero-order valence-corrected chi connectivity index (χ0v) is 8.45. The molecule has 0 aliphatic heterocycles. The molecule has 0 amide bonds. The molecule has 2 aromatic rings.